The van der Waals surface area contributed by atoms with E-state index < -0.39 is 30.5 Å². The van der Waals surface area contributed by atoms with E-state index in [4.69, 9.17) is 18.8 Å². The summed E-state index contributed by atoms with van der Waals surface area (Å²) in [7, 11) is 0.912. The molecule has 0 aromatic heterocycles. The molecule has 3 rings (SSSR count). The van der Waals surface area contributed by atoms with Gasteiger partial charge in [-0.05, 0) is 71.8 Å². The van der Waals surface area contributed by atoms with E-state index in [2.05, 4.69) is 22.8 Å². The molecule has 2 saturated heterocycles. The van der Waals surface area contributed by atoms with Crippen LogP contribution in [0.3, 0.4) is 0 Å². The van der Waals surface area contributed by atoms with Crippen LogP contribution in [0.15, 0.2) is 30.3 Å². The third-order valence-corrected chi connectivity index (χ3v) is 7.19. The average molecular weight is 488 g/mol. The van der Waals surface area contributed by atoms with Gasteiger partial charge in [0.05, 0.1) is 23.8 Å². The van der Waals surface area contributed by atoms with Crippen LogP contribution in [0.2, 0.25) is 0 Å². The fourth-order valence-electron chi connectivity index (χ4n) is 4.35. The molecule has 1 aromatic rings. The Balaban J connectivity index is 1.67. The van der Waals surface area contributed by atoms with Crippen molar-refractivity contribution < 1.29 is 28.4 Å². The number of nitrogens with one attached hydrogen (secondary N) is 2. The van der Waals surface area contributed by atoms with Gasteiger partial charge in [-0.25, -0.2) is 0 Å². The third kappa shape index (κ3) is 7.52. The molecule has 9 heteroatoms. The summed E-state index contributed by atoms with van der Waals surface area (Å²) >= 11 is 0. The van der Waals surface area contributed by atoms with Crippen molar-refractivity contribution in [2.24, 2.45) is 0 Å². The number of methoxy groups -OCH3 is 1. The minimum Gasteiger partial charge on any atom is -0.402 e. The van der Waals surface area contributed by atoms with Gasteiger partial charge in [0, 0.05) is 13.7 Å². The third-order valence-electron chi connectivity index (χ3n) is 7.19. The number of rotatable bonds is 11. The minimum absolute atomic E-state index is 0.0599. The molecular formula is C26H41BN2O6. The first-order valence-electron chi connectivity index (χ1n) is 12.7. The molecule has 35 heavy (non-hydrogen) atoms. The lowest BCUT2D eigenvalue weighted by Crippen LogP contribution is -2.57. The summed E-state index contributed by atoms with van der Waals surface area (Å²) in [5.74, 6) is -0.983. The summed E-state index contributed by atoms with van der Waals surface area (Å²) in [6.45, 7) is 8.60. The Labute approximate surface area is 209 Å². The van der Waals surface area contributed by atoms with Crippen molar-refractivity contribution >= 4 is 18.9 Å². The molecule has 1 aromatic carbocycles. The Morgan fingerprint density at radius 2 is 1.77 bits per heavy atom. The van der Waals surface area contributed by atoms with E-state index in [1.807, 2.05) is 45.9 Å². The van der Waals surface area contributed by atoms with Gasteiger partial charge in [0.2, 0.25) is 11.8 Å². The number of aryl methyl sites for hydroxylation is 1. The molecule has 3 atom stereocenters. The molecule has 2 aliphatic rings. The molecule has 2 aliphatic heterocycles. The molecular weight excluding hydrogens is 447 g/mol. The first kappa shape index (κ1) is 27.6. The molecule has 194 valence electrons. The van der Waals surface area contributed by atoms with Crippen LogP contribution >= 0.6 is 0 Å². The van der Waals surface area contributed by atoms with Crippen molar-refractivity contribution in [2.45, 2.75) is 95.5 Å². The normalized spacial score (nSPS) is 22.9. The van der Waals surface area contributed by atoms with Crippen molar-refractivity contribution in [1.82, 2.24) is 10.6 Å². The number of hydrogen-bond donors (Lipinski definition) is 2. The van der Waals surface area contributed by atoms with E-state index in [0.29, 0.717) is 19.4 Å². The molecule has 8 nitrogen and oxygen atoms in total. The summed E-state index contributed by atoms with van der Waals surface area (Å²) in [5.41, 5.74) is 0.209. The first-order chi connectivity index (χ1) is 16.6. The number of hydrogen-bond acceptors (Lipinski definition) is 6. The summed E-state index contributed by atoms with van der Waals surface area (Å²) in [5, 5.41) is 5.90. The van der Waals surface area contributed by atoms with Gasteiger partial charge in [-0.3, -0.25) is 9.59 Å². The van der Waals surface area contributed by atoms with E-state index in [9.17, 15) is 9.59 Å². The smallest absolute Gasteiger partial charge is 0.402 e. The highest BCUT2D eigenvalue weighted by molar-refractivity contribution is 6.48. The van der Waals surface area contributed by atoms with Crippen LogP contribution < -0.4 is 10.6 Å². The molecule has 0 spiro atoms. The molecule has 2 N–H and O–H groups in total. The zero-order chi connectivity index (χ0) is 25.5. The predicted octanol–water partition coefficient (Wildman–Crippen LogP) is 2.83. The Bertz CT molecular complexity index is 812. The summed E-state index contributed by atoms with van der Waals surface area (Å²) < 4.78 is 23.4. The number of carbonyl (C=O) groups is 2. The fraction of sp³-hybridized carbons (Fsp3) is 0.692. The van der Waals surface area contributed by atoms with E-state index in [1.54, 1.807) is 0 Å². The van der Waals surface area contributed by atoms with Gasteiger partial charge in [-0.15, -0.1) is 0 Å². The van der Waals surface area contributed by atoms with Crippen LogP contribution in [0.25, 0.3) is 0 Å². The van der Waals surface area contributed by atoms with Gasteiger partial charge < -0.3 is 29.4 Å². The van der Waals surface area contributed by atoms with Crippen LogP contribution in [-0.4, -0.2) is 68.5 Å². The first-order valence-corrected chi connectivity index (χ1v) is 12.7. The standard InChI is InChI=1S/C26H41BN2O6/c1-25(2)26(3,4)35-27(34-25)22(16-11-14-19-12-7-6-8-13-19)29-23(30)20(18-32-5)28-24(31)21-15-9-10-17-33-21/h6-8,12-13,20-22H,9-11,14-18H2,1-5H3,(H,28,31)(H,29,30)/t20?,21?,22-/m0/s1. The molecule has 0 saturated carbocycles. The molecule has 0 bridgehead atoms. The molecule has 2 heterocycles. The highest BCUT2D eigenvalue weighted by atomic mass is 16.7. The lowest BCUT2D eigenvalue weighted by Gasteiger charge is -2.32. The van der Waals surface area contributed by atoms with Crippen LogP contribution in [0.1, 0.15) is 65.4 Å². The van der Waals surface area contributed by atoms with Crippen LogP contribution in [0.5, 0.6) is 0 Å². The van der Waals surface area contributed by atoms with Crippen molar-refractivity contribution in [1.29, 1.82) is 0 Å². The molecule has 0 aliphatic carbocycles. The SMILES string of the molecule is COCC(NC(=O)C1CCCCO1)C(=O)N[C@@H](CCCc1ccccc1)B1OC(C)(C)C(C)(C)O1. The van der Waals surface area contributed by atoms with Crippen molar-refractivity contribution in [3.8, 4) is 0 Å². The zero-order valence-corrected chi connectivity index (χ0v) is 21.8. The molecule has 2 fully saturated rings. The maximum absolute atomic E-state index is 13.3. The Morgan fingerprint density at radius 3 is 2.37 bits per heavy atom. The van der Waals surface area contributed by atoms with Crippen molar-refractivity contribution in [3.05, 3.63) is 35.9 Å². The Hall–Kier alpha value is -1.94. The summed E-state index contributed by atoms with van der Waals surface area (Å²) in [6, 6.07) is 9.41. The predicted molar refractivity (Wildman–Crippen MR) is 135 cm³/mol. The van der Waals surface area contributed by atoms with Gasteiger partial charge in [-0.2, -0.15) is 0 Å². The van der Waals surface area contributed by atoms with Gasteiger partial charge in [0.25, 0.3) is 0 Å². The number of benzene rings is 1. The minimum atomic E-state index is -0.836. The topological polar surface area (TPSA) is 95.1 Å². The molecule has 2 unspecified atom stereocenters. The maximum atomic E-state index is 13.3. The van der Waals surface area contributed by atoms with E-state index in [1.165, 1.54) is 12.7 Å². The summed E-state index contributed by atoms with van der Waals surface area (Å²) in [4.78, 5) is 26.0. The van der Waals surface area contributed by atoms with E-state index in [0.717, 1.165) is 25.7 Å². The number of amides is 2. The zero-order valence-electron chi connectivity index (χ0n) is 21.8. The van der Waals surface area contributed by atoms with E-state index in [-0.39, 0.29) is 24.4 Å². The summed E-state index contributed by atoms with van der Waals surface area (Å²) in [6.07, 6.45) is 4.40. The van der Waals surface area contributed by atoms with Crippen molar-refractivity contribution in [3.63, 3.8) is 0 Å². The van der Waals surface area contributed by atoms with E-state index >= 15 is 0 Å². The number of ether oxygens (including phenoxy) is 2. The lowest BCUT2D eigenvalue weighted by atomic mass is 9.75. The van der Waals surface area contributed by atoms with Gasteiger partial charge in [0.15, 0.2) is 0 Å². The second-order valence-corrected chi connectivity index (χ2v) is 10.5. The fourth-order valence-corrected chi connectivity index (χ4v) is 4.35. The van der Waals surface area contributed by atoms with Gasteiger partial charge in [-0.1, -0.05) is 30.3 Å². The second kappa shape index (κ2) is 12.3. The highest BCUT2D eigenvalue weighted by Gasteiger charge is 2.54. The second-order valence-electron chi connectivity index (χ2n) is 10.5. The van der Waals surface area contributed by atoms with Gasteiger partial charge in [0.1, 0.15) is 12.1 Å². The molecule has 2 amide bonds. The van der Waals surface area contributed by atoms with Crippen LogP contribution in [-0.2, 0) is 34.8 Å². The Morgan fingerprint density at radius 1 is 1.09 bits per heavy atom. The Kier molecular flexibility index (Phi) is 9.75. The average Bonchev–Trinajstić information content (AvgIpc) is 3.05. The largest absolute Gasteiger partial charge is 0.481 e. The van der Waals surface area contributed by atoms with Crippen molar-refractivity contribution in [2.75, 3.05) is 20.3 Å². The quantitative estimate of drug-likeness (QED) is 0.466. The highest BCUT2D eigenvalue weighted by Crippen LogP contribution is 2.38. The van der Waals surface area contributed by atoms with Crippen LogP contribution in [0.4, 0.5) is 0 Å². The van der Waals surface area contributed by atoms with Crippen LogP contribution in [0, 0.1) is 0 Å². The van der Waals surface area contributed by atoms with Gasteiger partial charge >= 0.3 is 7.12 Å². The molecule has 0 radical (unpaired) electrons. The lowest BCUT2D eigenvalue weighted by molar-refractivity contribution is -0.139. The maximum Gasteiger partial charge on any atom is 0.481 e. The number of carbonyl (C=O) groups excluding carboxylic acids is 2. The monoisotopic (exact) mass is 488 g/mol.